The smallest absolute Gasteiger partial charge is 0.0488 e. The average Bonchev–Trinajstić information content (AvgIpc) is 2.79. The molecule has 1 heterocycles. The maximum absolute atomic E-state index is 5.22. The molecule has 0 aliphatic rings. The molecule has 0 saturated carbocycles. The average molecular weight is 255 g/mol. The van der Waals surface area contributed by atoms with Crippen LogP contribution in [0.4, 0.5) is 0 Å². The summed E-state index contributed by atoms with van der Waals surface area (Å²) in [6.07, 6.45) is 3.52. The van der Waals surface area contributed by atoms with Crippen molar-refractivity contribution in [1.82, 2.24) is 5.32 Å². The van der Waals surface area contributed by atoms with Crippen LogP contribution in [0.25, 0.3) is 0 Å². The van der Waals surface area contributed by atoms with E-state index in [1.54, 1.807) is 7.11 Å². The largest absolute Gasteiger partial charge is 0.384 e. The van der Waals surface area contributed by atoms with Crippen molar-refractivity contribution in [3.63, 3.8) is 0 Å². The van der Waals surface area contributed by atoms with Crippen LogP contribution in [0.2, 0.25) is 0 Å². The van der Waals surface area contributed by atoms with Crippen molar-refractivity contribution < 1.29 is 4.74 Å². The van der Waals surface area contributed by atoms with Crippen molar-refractivity contribution in [2.24, 2.45) is 5.92 Å². The van der Waals surface area contributed by atoms with Gasteiger partial charge in [0.25, 0.3) is 0 Å². The number of ether oxygens (including phenoxy) is 1. The first-order chi connectivity index (χ1) is 8.26. The van der Waals surface area contributed by atoms with Crippen molar-refractivity contribution >= 4 is 11.3 Å². The van der Waals surface area contributed by atoms with E-state index in [-0.39, 0.29) is 0 Å². The molecule has 0 spiro atoms. The molecule has 0 saturated heterocycles. The minimum Gasteiger partial charge on any atom is -0.384 e. The van der Waals surface area contributed by atoms with E-state index in [9.17, 15) is 0 Å². The molecule has 98 valence electrons. The van der Waals surface area contributed by atoms with E-state index >= 15 is 0 Å². The maximum atomic E-state index is 5.22. The lowest BCUT2D eigenvalue weighted by Gasteiger charge is -2.21. The van der Waals surface area contributed by atoms with Gasteiger partial charge in [0.2, 0.25) is 0 Å². The highest BCUT2D eigenvalue weighted by Crippen LogP contribution is 2.15. The van der Waals surface area contributed by atoms with E-state index in [1.165, 1.54) is 17.7 Å². The zero-order chi connectivity index (χ0) is 12.5. The normalized spacial score (nSPS) is 14.8. The molecule has 1 rings (SSSR count). The fourth-order valence-corrected chi connectivity index (χ4v) is 2.88. The molecular formula is C14H25NOS. The van der Waals surface area contributed by atoms with Gasteiger partial charge in [-0.15, -0.1) is 11.3 Å². The number of hydrogen-bond acceptors (Lipinski definition) is 3. The monoisotopic (exact) mass is 255 g/mol. The molecule has 0 amide bonds. The number of nitrogens with one attached hydrogen (secondary N) is 1. The summed E-state index contributed by atoms with van der Waals surface area (Å²) in [5.41, 5.74) is 0. The highest BCUT2D eigenvalue weighted by molar-refractivity contribution is 7.09. The fraction of sp³-hybridized carbons (Fsp3) is 0.714. The van der Waals surface area contributed by atoms with E-state index in [4.69, 9.17) is 4.74 Å². The van der Waals surface area contributed by atoms with E-state index in [0.29, 0.717) is 12.0 Å². The molecule has 0 fully saturated rings. The Labute approximate surface area is 109 Å². The Bertz CT molecular complexity index is 274. The second-order valence-corrected chi connectivity index (χ2v) is 5.76. The van der Waals surface area contributed by atoms with Gasteiger partial charge in [0.05, 0.1) is 0 Å². The third kappa shape index (κ3) is 6.20. The lowest BCUT2D eigenvalue weighted by molar-refractivity contribution is 0.149. The van der Waals surface area contributed by atoms with Crippen LogP contribution in [-0.4, -0.2) is 26.3 Å². The molecule has 0 aromatic carbocycles. The molecule has 1 aromatic rings. The zero-order valence-electron chi connectivity index (χ0n) is 11.2. The van der Waals surface area contributed by atoms with Crippen molar-refractivity contribution in [3.05, 3.63) is 22.4 Å². The van der Waals surface area contributed by atoms with Crippen LogP contribution in [0.1, 0.15) is 31.6 Å². The summed E-state index contributed by atoms with van der Waals surface area (Å²) < 4.78 is 5.22. The van der Waals surface area contributed by atoms with Crippen LogP contribution < -0.4 is 5.32 Å². The summed E-state index contributed by atoms with van der Waals surface area (Å²) >= 11 is 1.85. The summed E-state index contributed by atoms with van der Waals surface area (Å²) in [5, 5.41) is 5.81. The van der Waals surface area contributed by atoms with E-state index in [1.807, 2.05) is 11.3 Å². The molecule has 2 unspecified atom stereocenters. The minimum atomic E-state index is 0.582. The SMILES string of the molecule is CCCNC(Cc1cccs1)CC(C)COC. The van der Waals surface area contributed by atoms with Gasteiger partial charge in [0.15, 0.2) is 0 Å². The first kappa shape index (κ1) is 14.7. The highest BCUT2D eigenvalue weighted by atomic mass is 32.1. The number of methoxy groups -OCH3 is 1. The number of thiophene rings is 1. The Morgan fingerprint density at radius 3 is 2.88 bits per heavy atom. The van der Waals surface area contributed by atoms with Crippen LogP contribution >= 0.6 is 11.3 Å². The summed E-state index contributed by atoms with van der Waals surface area (Å²) in [4.78, 5) is 1.48. The molecular weight excluding hydrogens is 230 g/mol. The van der Waals surface area contributed by atoms with Crippen molar-refractivity contribution in [1.29, 1.82) is 0 Å². The van der Waals surface area contributed by atoms with Crippen molar-refractivity contribution in [2.45, 2.75) is 39.2 Å². The second kappa shape index (κ2) is 8.67. The molecule has 2 nitrogen and oxygen atoms in total. The summed E-state index contributed by atoms with van der Waals surface area (Å²) in [6.45, 7) is 6.44. The molecule has 0 bridgehead atoms. The van der Waals surface area contributed by atoms with Gasteiger partial charge in [-0.05, 0) is 43.2 Å². The Balaban J connectivity index is 2.42. The molecule has 2 atom stereocenters. The third-order valence-corrected chi connectivity index (χ3v) is 3.75. The van der Waals surface area contributed by atoms with Crippen LogP contribution in [0.15, 0.2) is 17.5 Å². The van der Waals surface area contributed by atoms with Gasteiger partial charge in [-0.2, -0.15) is 0 Å². The Kier molecular flexibility index (Phi) is 7.49. The molecule has 1 N–H and O–H groups in total. The summed E-state index contributed by atoms with van der Waals surface area (Å²) in [6, 6.07) is 4.95. The first-order valence-electron chi connectivity index (χ1n) is 6.51. The van der Waals surface area contributed by atoms with Crippen molar-refractivity contribution in [2.75, 3.05) is 20.3 Å². The Morgan fingerprint density at radius 1 is 1.47 bits per heavy atom. The number of hydrogen-bond donors (Lipinski definition) is 1. The Morgan fingerprint density at radius 2 is 2.29 bits per heavy atom. The maximum Gasteiger partial charge on any atom is 0.0488 e. The lowest BCUT2D eigenvalue weighted by atomic mass is 9.99. The quantitative estimate of drug-likeness (QED) is 0.731. The molecule has 1 aromatic heterocycles. The topological polar surface area (TPSA) is 21.3 Å². The zero-order valence-corrected chi connectivity index (χ0v) is 12.1. The second-order valence-electron chi connectivity index (χ2n) is 4.73. The van der Waals surface area contributed by atoms with Crippen molar-refractivity contribution in [3.8, 4) is 0 Å². The van der Waals surface area contributed by atoms with E-state index in [0.717, 1.165) is 19.6 Å². The predicted molar refractivity (Wildman–Crippen MR) is 75.8 cm³/mol. The Hall–Kier alpha value is -0.380. The van der Waals surface area contributed by atoms with E-state index < -0.39 is 0 Å². The minimum absolute atomic E-state index is 0.582. The fourth-order valence-electron chi connectivity index (χ4n) is 2.10. The molecule has 0 aliphatic carbocycles. The van der Waals surface area contributed by atoms with Gasteiger partial charge >= 0.3 is 0 Å². The molecule has 17 heavy (non-hydrogen) atoms. The van der Waals surface area contributed by atoms with Gasteiger partial charge in [0.1, 0.15) is 0 Å². The lowest BCUT2D eigenvalue weighted by Crippen LogP contribution is -2.33. The van der Waals surface area contributed by atoms with Gasteiger partial charge in [-0.1, -0.05) is 19.9 Å². The predicted octanol–water partition coefficient (Wildman–Crippen LogP) is 3.33. The molecule has 0 aliphatic heterocycles. The summed E-state index contributed by atoms with van der Waals surface area (Å²) in [7, 11) is 1.78. The standard InChI is InChI=1S/C14H25NOS/c1-4-7-15-13(9-12(2)11-16-3)10-14-6-5-8-17-14/h5-6,8,12-13,15H,4,7,9-11H2,1-3H3. The van der Waals surface area contributed by atoms with Gasteiger partial charge in [-0.25, -0.2) is 0 Å². The first-order valence-corrected chi connectivity index (χ1v) is 7.38. The highest BCUT2D eigenvalue weighted by Gasteiger charge is 2.13. The molecule has 3 heteroatoms. The van der Waals surface area contributed by atoms with Crippen LogP contribution in [0.5, 0.6) is 0 Å². The van der Waals surface area contributed by atoms with Gasteiger partial charge in [0, 0.05) is 24.6 Å². The summed E-state index contributed by atoms with van der Waals surface area (Å²) in [5.74, 6) is 0.620. The molecule has 0 radical (unpaired) electrons. The third-order valence-electron chi connectivity index (χ3n) is 2.85. The van der Waals surface area contributed by atoms with Crippen LogP contribution in [0, 0.1) is 5.92 Å². The van der Waals surface area contributed by atoms with E-state index in [2.05, 4.69) is 36.7 Å². The van der Waals surface area contributed by atoms with Gasteiger partial charge < -0.3 is 10.1 Å². The van der Waals surface area contributed by atoms with Gasteiger partial charge in [-0.3, -0.25) is 0 Å². The van der Waals surface area contributed by atoms with Crippen LogP contribution in [-0.2, 0) is 11.2 Å². The van der Waals surface area contributed by atoms with Crippen LogP contribution in [0.3, 0.4) is 0 Å². The number of rotatable bonds is 9.